The number of hydrogen-bond acceptors (Lipinski definition) is 6. The summed E-state index contributed by atoms with van der Waals surface area (Å²) in [5.74, 6) is 0.854. The van der Waals surface area contributed by atoms with Gasteiger partial charge in [-0.25, -0.2) is 8.42 Å². The van der Waals surface area contributed by atoms with E-state index in [9.17, 15) is 13.2 Å². The van der Waals surface area contributed by atoms with Gasteiger partial charge < -0.3 is 9.47 Å². The first-order valence-corrected chi connectivity index (χ1v) is 12.7. The first-order chi connectivity index (χ1) is 13.8. The number of nitrogens with zero attached hydrogens (tertiary/aromatic N) is 4. The molecule has 7 nitrogen and oxygen atoms in total. The SMILES string of the molecule is CCN(C(=O)C(C)Sc1nnc(-c2ccc(Cl)cc2)n1CC)C1CCS(=O)(=O)C1. The normalized spacial score (nSPS) is 19.2. The Kier molecular flexibility index (Phi) is 6.90. The third kappa shape index (κ3) is 4.95. The monoisotopic (exact) mass is 456 g/mol. The van der Waals surface area contributed by atoms with Crippen LogP contribution in [0.4, 0.5) is 0 Å². The molecule has 1 aromatic heterocycles. The minimum atomic E-state index is -3.05. The highest BCUT2D eigenvalue weighted by Gasteiger charge is 2.35. The van der Waals surface area contributed by atoms with Crippen molar-refractivity contribution in [3.05, 3.63) is 29.3 Å². The van der Waals surface area contributed by atoms with Crippen LogP contribution in [0.2, 0.25) is 5.02 Å². The van der Waals surface area contributed by atoms with Crippen LogP contribution in [-0.2, 0) is 21.2 Å². The van der Waals surface area contributed by atoms with Crippen LogP contribution >= 0.6 is 23.4 Å². The minimum Gasteiger partial charge on any atom is -0.338 e. The maximum absolute atomic E-state index is 13.0. The molecule has 158 valence electrons. The van der Waals surface area contributed by atoms with Crippen molar-refractivity contribution in [2.75, 3.05) is 18.1 Å². The van der Waals surface area contributed by atoms with Crippen LogP contribution in [0.25, 0.3) is 11.4 Å². The summed E-state index contributed by atoms with van der Waals surface area (Å²) in [5.41, 5.74) is 0.904. The number of hydrogen-bond donors (Lipinski definition) is 0. The van der Waals surface area contributed by atoms with Crippen molar-refractivity contribution in [3.63, 3.8) is 0 Å². The number of amides is 1. The number of benzene rings is 1. The largest absolute Gasteiger partial charge is 0.338 e. The van der Waals surface area contributed by atoms with Crippen molar-refractivity contribution in [2.45, 2.75) is 50.2 Å². The van der Waals surface area contributed by atoms with E-state index in [1.807, 2.05) is 37.5 Å². The van der Waals surface area contributed by atoms with E-state index in [1.54, 1.807) is 17.0 Å². The van der Waals surface area contributed by atoms with Gasteiger partial charge in [-0.2, -0.15) is 0 Å². The quantitative estimate of drug-likeness (QED) is 0.595. The van der Waals surface area contributed by atoms with E-state index in [4.69, 9.17) is 11.6 Å². The van der Waals surface area contributed by atoms with Gasteiger partial charge in [0, 0.05) is 29.7 Å². The maximum atomic E-state index is 13.0. The van der Waals surface area contributed by atoms with Gasteiger partial charge in [-0.05, 0) is 51.5 Å². The molecule has 10 heteroatoms. The summed E-state index contributed by atoms with van der Waals surface area (Å²) >= 11 is 7.32. The predicted molar refractivity (Wildman–Crippen MR) is 116 cm³/mol. The Labute approximate surface area is 180 Å². The second-order valence-electron chi connectivity index (χ2n) is 7.00. The molecule has 1 aromatic carbocycles. The fourth-order valence-electron chi connectivity index (χ4n) is 3.53. The van der Waals surface area contributed by atoms with Crippen LogP contribution in [0.5, 0.6) is 0 Å². The number of aromatic nitrogens is 3. The van der Waals surface area contributed by atoms with Gasteiger partial charge in [0.05, 0.1) is 16.8 Å². The van der Waals surface area contributed by atoms with Crippen LogP contribution in [-0.4, -0.2) is 63.3 Å². The molecule has 2 aromatic rings. The van der Waals surface area contributed by atoms with Crippen molar-refractivity contribution in [1.29, 1.82) is 0 Å². The lowest BCUT2D eigenvalue weighted by atomic mass is 10.2. The van der Waals surface area contributed by atoms with Gasteiger partial charge in [-0.1, -0.05) is 23.4 Å². The Balaban J connectivity index is 1.77. The topological polar surface area (TPSA) is 85.2 Å². The van der Waals surface area contributed by atoms with Gasteiger partial charge in [0.2, 0.25) is 5.91 Å². The summed E-state index contributed by atoms with van der Waals surface area (Å²) in [6.07, 6.45) is 0.505. The highest BCUT2D eigenvalue weighted by atomic mass is 35.5. The molecule has 0 aliphatic carbocycles. The lowest BCUT2D eigenvalue weighted by Crippen LogP contribution is -2.44. The Morgan fingerprint density at radius 2 is 2.00 bits per heavy atom. The van der Waals surface area contributed by atoms with Crippen molar-refractivity contribution in [1.82, 2.24) is 19.7 Å². The fraction of sp³-hybridized carbons (Fsp3) is 0.526. The van der Waals surface area contributed by atoms with E-state index in [0.717, 1.165) is 11.4 Å². The molecule has 0 N–H and O–H groups in total. The van der Waals surface area contributed by atoms with Gasteiger partial charge in [0.15, 0.2) is 20.8 Å². The molecule has 3 rings (SSSR count). The zero-order valence-electron chi connectivity index (χ0n) is 16.7. The summed E-state index contributed by atoms with van der Waals surface area (Å²) < 4.78 is 25.6. The molecule has 1 fully saturated rings. The van der Waals surface area contributed by atoms with E-state index in [-0.39, 0.29) is 23.5 Å². The van der Waals surface area contributed by atoms with Crippen LogP contribution < -0.4 is 0 Å². The molecule has 1 saturated heterocycles. The first kappa shape index (κ1) is 22.1. The van der Waals surface area contributed by atoms with E-state index >= 15 is 0 Å². The zero-order valence-corrected chi connectivity index (χ0v) is 19.1. The van der Waals surface area contributed by atoms with Gasteiger partial charge in [-0.15, -0.1) is 10.2 Å². The molecule has 1 aliphatic rings. The third-order valence-corrected chi connectivity index (χ3v) is 8.11. The summed E-state index contributed by atoms with van der Waals surface area (Å²) in [4.78, 5) is 14.7. The molecule has 2 atom stereocenters. The number of carbonyl (C=O) groups excluding carboxylic acids is 1. The van der Waals surface area contributed by atoms with Gasteiger partial charge >= 0.3 is 0 Å². The number of rotatable bonds is 7. The number of thioether (sulfide) groups is 1. The standard InChI is InChI=1S/C19H25ClN4O3S2/c1-4-23(16-10-11-29(26,27)12-16)18(25)13(3)28-19-22-21-17(24(19)5-2)14-6-8-15(20)9-7-14/h6-9,13,16H,4-5,10-12H2,1-3H3. The molecule has 0 bridgehead atoms. The lowest BCUT2D eigenvalue weighted by Gasteiger charge is -2.29. The summed E-state index contributed by atoms with van der Waals surface area (Å²) in [7, 11) is -3.05. The average Bonchev–Trinajstić information content (AvgIpc) is 3.25. The van der Waals surface area contributed by atoms with E-state index in [2.05, 4.69) is 10.2 Å². The summed E-state index contributed by atoms with van der Waals surface area (Å²) in [6.45, 7) is 6.86. The molecule has 2 unspecified atom stereocenters. The predicted octanol–water partition coefficient (Wildman–Crippen LogP) is 3.13. The van der Waals surface area contributed by atoms with Crippen LogP contribution in [0, 0.1) is 0 Å². The highest BCUT2D eigenvalue weighted by molar-refractivity contribution is 8.00. The van der Waals surface area contributed by atoms with Gasteiger partial charge in [0.25, 0.3) is 0 Å². The van der Waals surface area contributed by atoms with Crippen molar-refractivity contribution < 1.29 is 13.2 Å². The Hall–Kier alpha value is -1.58. The fourth-order valence-corrected chi connectivity index (χ4v) is 6.37. The maximum Gasteiger partial charge on any atom is 0.236 e. The Morgan fingerprint density at radius 3 is 2.55 bits per heavy atom. The third-order valence-electron chi connectivity index (χ3n) is 5.04. The lowest BCUT2D eigenvalue weighted by molar-refractivity contribution is -0.131. The Bertz CT molecular complexity index is 976. The summed E-state index contributed by atoms with van der Waals surface area (Å²) in [5, 5.41) is 9.51. The van der Waals surface area contributed by atoms with Crippen molar-refractivity contribution in [2.24, 2.45) is 0 Å². The molecule has 0 radical (unpaired) electrons. The second kappa shape index (κ2) is 9.06. The van der Waals surface area contributed by atoms with Crippen LogP contribution in [0.1, 0.15) is 27.2 Å². The van der Waals surface area contributed by atoms with E-state index < -0.39 is 15.1 Å². The van der Waals surface area contributed by atoms with Crippen LogP contribution in [0.15, 0.2) is 29.4 Å². The zero-order chi connectivity index (χ0) is 21.2. The van der Waals surface area contributed by atoms with Gasteiger partial charge in [-0.3, -0.25) is 4.79 Å². The van der Waals surface area contributed by atoms with Crippen molar-refractivity contribution >= 4 is 39.1 Å². The van der Waals surface area contributed by atoms with Gasteiger partial charge in [0.1, 0.15) is 0 Å². The molecule has 0 spiro atoms. The minimum absolute atomic E-state index is 0.0514. The second-order valence-corrected chi connectivity index (χ2v) is 11.0. The van der Waals surface area contributed by atoms with Crippen LogP contribution in [0.3, 0.4) is 0 Å². The first-order valence-electron chi connectivity index (χ1n) is 9.62. The smallest absolute Gasteiger partial charge is 0.236 e. The van der Waals surface area contributed by atoms with E-state index in [0.29, 0.717) is 29.7 Å². The van der Waals surface area contributed by atoms with E-state index in [1.165, 1.54) is 11.8 Å². The molecule has 29 heavy (non-hydrogen) atoms. The summed E-state index contributed by atoms with van der Waals surface area (Å²) in [6, 6.07) is 7.15. The molecule has 1 amide bonds. The Morgan fingerprint density at radius 1 is 1.31 bits per heavy atom. The number of halogens is 1. The molecule has 1 aliphatic heterocycles. The highest BCUT2D eigenvalue weighted by Crippen LogP contribution is 2.29. The number of carbonyl (C=O) groups is 1. The molecule has 0 saturated carbocycles. The van der Waals surface area contributed by atoms with Crippen molar-refractivity contribution in [3.8, 4) is 11.4 Å². The average molecular weight is 457 g/mol. The number of sulfone groups is 1. The molecular weight excluding hydrogens is 432 g/mol. The molecule has 2 heterocycles. The molecular formula is C19H25ClN4O3S2.